The summed E-state index contributed by atoms with van der Waals surface area (Å²) in [6.07, 6.45) is 3.82. The van der Waals surface area contributed by atoms with Gasteiger partial charge in [-0.15, -0.1) is 0 Å². The van der Waals surface area contributed by atoms with Crippen LogP contribution in [0.15, 0.2) is 18.2 Å². The summed E-state index contributed by atoms with van der Waals surface area (Å²) in [4.78, 5) is 0. The molecule has 0 saturated heterocycles. The van der Waals surface area contributed by atoms with Crippen molar-refractivity contribution in [2.45, 2.75) is 39.2 Å². The Bertz CT molecular complexity index is 385. The van der Waals surface area contributed by atoms with E-state index in [1.807, 2.05) is 6.92 Å². The van der Waals surface area contributed by atoms with Crippen LogP contribution in [0.4, 0.5) is 8.78 Å². The van der Waals surface area contributed by atoms with Gasteiger partial charge in [0.1, 0.15) is 11.6 Å². The minimum atomic E-state index is -0.506. The predicted molar refractivity (Wildman–Crippen MR) is 69.3 cm³/mol. The minimum Gasteiger partial charge on any atom is -0.310 e. The first-order valence-corrected chi connectivity index (χ1v) is 6.74. The van der Waals surface area contributed by atoms with E-state index in [9.17, 15) is 8.78 Å². The molecule has 100 valence electrons. The Kier molecular flexibility index (Phi) is 4.33. The topological polar surface area (TPSA) is 12.0 Å². The van der Waals surface area contributed by atoms with Crippen molar-refractivity contribution in [3.63, 3.8) is 0 Å². The van der Waals surface area contributed by atoms with Gasteiger partial charge in [0, 0.05) is 12.1 Å². The van der Waals surface area contributed by atoms with Crippen molar-refractivity contribution in [3.8, 4) is 0 Å². The second-order valence-corrected chi connectivity index (χ2v) is 5.62. The number of halogens is 2. The lowest BCUT2D eigenvalue weighted by Gasteiger charge is -2.18. The molecule has 0 heterocycles. The predicted octanol–water partition coefficient (Wildman–Crippen LogP) is 4.05. The van der Waals surface area contributed by atoms with E-state index in [-0.39, 0.29) is 6.04 Å². The maximum atomic E-state index is 13.1. The highest BCUT2D eigenvalue weighted by Gasteiger charge is 2.21. The highest BCUT2D eigenvalue weighted by atomic mass is 19.1. The van der Waals surface area contributed by atoms with Gasteiger partial charge in [-0.25, -0.2) is 8.78 Å². The molecule has 1 N–H and O–H groups in total. The molecule has 0 bridgehead atoms. The Morgan fingerprint density at radius 1 is 1.22 bits per heavy atom. The van der Waals surface area contributed by atoms with Crippen LogP contribution >= 0.6 is 0 Å². The van der Waals surface area contributed by atoms with E-state index in [0.717, 1.165) is 18.5 Å². The Labute approximate surface area is 108 Å². The van der Waals surface area contributed by atoms with Crippen LogP contribution in [0.1, 0.15) is 44.7 Å². The van der Waals surface area contributed by atoms with Gasteiger partial charge in [-0.1, -0.05) is 13.3 Å². The van der Waals surface area contributed by atoms with Crippen LogP contribution in [0.3, 0.4) is 0 Å². The third-order valence-corrected chi connectivity index (χ3v) is 3.90. The average molecular weight is 253 g/mol. The van der Waals surface area contributed by atoms with Crippen molar-refractivity contribution >= 4 is 0 Å². The van der Waals surface area contributed by atoms with E-state index in [0.29, 0.717) is 11.5 Å². The monoisotopic (exact) mass is 253 g/mol. The molecule has 0 radical (unpaired) electrons. The summed E-state index contributed by atoms with van der Waals surface area (Å²) in [5, 5.41) is 3.38. The third-order valence-electron chi connectivity index (χ3n) is 3.90. The lowest BCUT2D eigenvalue weighted by molar-refractivity contribution is 0.438. The molecule has 1 aliphatic carbocycles. The molecule has 1 saturated carbocycles. The molecule has 0 aromatic heterocycles. The molecular weight excluding hydrogens is 232 g/mol. The van der Waals surface area contributed by atoms with Crippen LogP contribution < -0.4 is 5.32 Å². The van der Waals surface area contributed by atoms with E-state index >= 15 is 0 Å². The summed E-state index contributed by atoms with van der Waals surface area (Å²) >= 11 is 0. The van der Waals surface area contributed by atoms with Gasteiger partial charge >= 0.3 is 0 Å². The lowest BCUT2D eigenvalue weighted by atomic mass is 10.0. The number of hydrogen-bond donors (Lipinski definition) is 1. The molecule has 3 atom stereocenters. The summed E-state index contributed by atoms with van der Waals surface area (Å²) in [7, 11) is 0. The summed E-state index contributed by atoms with van der Waals surface area (Å²) in [6, 6.07) is 3.70. The Hall–Kier alpha value is -0.960. The molecule has 0 amide bonds. The number of rotatable bonds is 4. The fourth-order valence-electron chi connectivity index (χ4n) is 2.80. The van der Waals surface area contributed by atoms with Crippen molar-refractivity contribution in [2.75, 3.05) is 6.54 Å². The fraction of sp³-hybridized carbons (Fsp3) is 0.600. The summed E-state index contributed by atoms with van der Waals surface area (Å²) < 4.78 is 26.2. The highest BCUT2D eigenvalue weighted by molar-refractivity contribution is 5.20. The molecule has 1 aliphatic rings. The first-order chi connectivity index (χ1) is 8.54. The van der Waals surface area contributed by atoms with Gasteiger partial charge in [0.25, 0.3) is 0 Å². The number of nitrogens with one attached hydrogen (secondary N) is 1. The maximum absolute atomic E-state index is 13.1. The zero-order chi connectivity index (χ0) is 13.1. The maximum Gasteiger partial charge on any atom is 0.126 e. The number of benzene rings is 1. The van der Waals surface area contributed by atoms with Crippen LogP contribution in [0.25, 0.3) is 0 Å². The fourth-order valence-corrected chi connectivity index (χ4v) is 2.80. The van der Waals surface area contributed by atoms with Crippen LogP contribution in [-0.2, 0) is 0 Å². The van der Waals surface area contributed by atoms with E-state index in [1.54, 1.807) is 0 Å². The van der Waals surface area contributed by atoms with Gasteiger partial charge in [-0.05, 0) is 55.8 Å². The summed E-state index contributed by atoms with van der Waals surface area (Å²) in [6.45, 7) is 5.17. The molecule has 1 aromatic rings. The molecule has 0 aliphatic heterocycles. The van der Waals surface area contributed by atoms with Crippen molar-refractivity contribution in [1.29, 1.82) is 0 Å². The van der Waals surface area contributed by atoms with E-state index in [4.69, 9.17) is 0 Å². The second-order valence-electron chi connectivity index (χ2n) is 5.62. The van der Waals surface area contributed by atoms with E-state index in [1.165, 1.54) is 31.4 Å². The van der Waals surface area contributed by atoms with Gasteiger partial charge in [0.15, 0.2) is 0 Å². The van der Waals surface area contributed by atoms with E-state index in [2.05, 4.69) is 12.2 Å². The normalized spacial score (nSPS) is 25.3. The largest absolute Gasteiger partial charge is 0.310 e. The van der Waals surface area contributed by atoms with Gasteiger partial charge in [0.2, 0.25) is 0 Å². The van der Waals surface area contributed by atoms with Crippen molar-refractivity contribution in [3.05, 3.63) is 35.4 Å². The van der Waals surface area contributed by atoms with Gasteiger partial charge in [0.05, 0.1) is 0 Å². The van der Waals surface area contributed by atoms with Gasteiger partial charge in [-0.2, -0.15) is 0 Å². The second kappa shape index (κ2) is 5.79. The van der Waals surface area contributed by atoms with Crippen molar-refractivity contribution < 1.29 is 8.78 Å². The van der Waals surface area contributed by atoms with Crippen molar-refractivity contribution in [2.24, 2.45) is 11.8 Å². The van der Waals surface area contributed by atoms with Crippen molar-refractivity contribution in [1.82, 2.24) is 5.32 Å². The Balaban J connectivity index is 1.89. The average Bonchev–Trinajstić information content (AvgIpc) is 2.70. The molecule has 3 heteroatoms. The molecule has 0 spiro atoms. The Morgan fingerprint density at radius 2 is 1.89 bits per heavy atom. The molecule has 1 fully saturated rings. The SMILES string of the molecule is CC1CCC(CNC(C)c2cc(F)cc(F)c2)C1. The Morgan fingerprint density at radius 3 is 2.44 bits per heavy atom. The summed E-state index contributed by atoms with van der Waals surface area (Å²) in [5.74, 6) is 0.515. The van der Waals surface area contributed by atoms with E-state index < -0.39 is 11.6 Å². The quantitative estimate of drug-likeness (QED) is 0.853. The first kappa shape index (κ1) is 13.5. The first-order valence-electron chi connectivity index (χ1n) is 6.74. The zero-order valence-electron chi connectivity index (χ0n) is 11.0. The van der Waals surface area contributed by atoms with Crippen LogP contribution in [-0.4, -0.2) is 6.54 Å². The standard InChI is InChI=1S/C15H21F2N/c1-10-3-4-12(5-10)9-18-11(2)13-6-14(16)8-15(17)7-13/h6-8,10-12,18H,3-5,9H2,1-2H3. The molecule has 1 nitrogen and oxygen atoms in total. The number of hydrogen-bond acceptors (Lipinski definition) is 1. The molecular formula is C15H21F2N. The molecule has 2 rings (SSSR count). The zero-order valence-corrected chi connectivity index (χ0v) is 11.0. The molecule has 18 heavy (non-hydrogen) atoms. The minimum absolute atomic E-state index is 0.00824. The van der Waals surface area contributed by atoms with Gasteiger partial charge in [-0.3, -0.25) is 0 Å². The lowest BCUT2D eigenvalue weighted by Crippen LogP contribution is -2.24. The smallest absolute Gasteiger partial charge is 0.126 e. The third kappa shape index (κ3) is 3.52. The molecule has 1 aromatic carbocycles. The molecule has 3 unspecified atom stereocenters. The summed E-state index contributed by atoms with van der Waals surface area (Å²) in [5.41, 5.74) is 0.679. The van der Waals surface area contributed by atoms with Crippen LogP contribution in [0.2, 0.25) is 0 Å². The van der Waals surface area contributed by atoms with Crippen LogP contribution in [0, 0.1) is 23.5 Å². The van der Waals surface area contributed by atoms with Gasteiger partial charge < -0.3 is 5.32 Å². The van der Waals surface area contributed by atoms with Crippen LogP contribution in [0.5, 0.6) is 0 Å². The highest BCUT2D eigenvalue weighted by Crippen LogP contribution is 2.30.